The maximum absolute atomic E-state index is 13.3. The third-order valence-electron chi connectivity index (χ3n) is 11.3. The van der Waals surface area contributed by atoms with Crippen LogP contribution in [0.2, 0.25) is 0 Å². The van der Waals surface area contributed by atoms with Gasteiger partial charge in [-0.25, -0.2) is 4.79 Å². The van der Waals surface area contributed by atoms with Crippen molar-refractivity contribution in [3.05, 3.63) is 24.2 Å². The van der Waals surface area contributed by atoms with E-state index in [1.165, 1.54) is 26.2 Å². The molecule has 1 aromatic heterocycles. The van der Waals surface area contributed by atoms with Gasteiger partial charge in [0.2, 0.25) is 0 Å². The Balaban J connectivity index is 1.53. The van der Waals surface area contributed by atoms with E-state index in [1.54, 1.807) is 12.5 Å². The van der Waals surface area contributed by atoms with Crippen LogP contribution in [0.25, 0.3) is 0 Å². The zero-order valence-corrected chi connectivity index (χ0v) is 21.3. The van der Waals surface area contributed by atoms with Crippen LogP contribution in [0.3, 0.4) is 0 Å². The Bertz CT molecular complexity index is 1030. The largest absolute Gasteiger partial charge is 0.472 e. The highest BCUT2D eigenvalue weighted by molar-refractivity contribution is 5.82. The number of hydrogen-bond acceptors (Lipinski definition) is 6. The Kier molecular flexibility index (Phi) is 4.45. The molecule has 9 unspecified atom stereocenters. The van der Waals surface area contributed by atoms with Gasteiger partial charge in [-0.2, -0.15) is 0 Å². The minimum Gasteiger partial charge on any atom is -0.472 e. The van der Waals surface area contributed by atoms with E-state index in [0.29, 0.717) is 5.92 Å². The van der Waals surface area contributed by atoms with Gasteiger partial charge in [0.25, 0.3) is 0 Å². The predicted molar refractivity (Wildman–Crippen MR) is 123 cm³/mol. The van der Waals surface area contributed by atoms with Gasteiger partial charge < -0.3 is 18.6 Å². The molecule has 3 aliphatic carbocycles. The average molecular weight is 471 g/mol. The van der Waals surface area contributed by atoms with Gasteiger partial charge in [0.15, 0.2) is 6.10 Å². The number of ether oxygens (including phenoxy) is 3. The van der Waals surface area contributed by atoms with Crippen molar-refractivity contribution in [3.63, 3.8) is 0 Å². The summed E-state index contributed by atoms with van der Waals surface area (Å²) in [6.45, 7) is 13.2. The molecule has 6 nitrogen and oxygen atoms in total. The molecule has 2 saturated heterocycles. The molecule has 34 heavy (non-hydrogen) atoms. The van der Waals surface area contributed by atoms with E-state index in [1.807, 2.05) is 6.07 Å². The summed E-state index contributed by atoms with van der Waals surface area (Å²) in [5, 5.41) is 0. The van der Waals surface area contributed by atoms with Gasteiger partial charge in [0.1, 0.15) is 17.8 Å². The summed E-state index contributed by atoms with van der Waals surface area (Å²) in [5.74, 6) is 0.183. The number of rotatable bonds is 2. The van der Waals surface area contributed by atoms with Gasteiger partial charge in [-0.15, -0.1) is 0 Å². The molecular formula is C28H38O6. The van der Waals surface area contributed by atoms with Crippen molar-refractivity contribution in [1.29, 1.82) is 0 Å². The van der Waals surface area contributed by atoms with E-state index in [9.17, 15) is 9.59 Å². The zero-order chi connectivity index (χ0) is 24.3. The van der Waals surface area contributed by atoms with E-state index in [2.05, 4.69) is 34.6 Å². The molecular weight excluding hydrogens is 432 g/mol. The van der Waals surface area contributed by atoms with Gasteiger partial charge in [0.05, 0.1) is 12.5 Å². The van der Waals surface area contributed by atoms with E-state index in [-0.39, 0.29) is 34.8 Å². The highest BCUT2D eigenvalue weighted by Crippen LogP contribution is 2.80. The summed E-state index contributed by atoms with van der Waals surface area (Å²) in [4.78, 5) is 25.7. The lowest BCUT2D eigenvalue weighted by molar-refractivity contribution is -0.267. The summed E-state index contributed by atoms with van der Waals surface area (Å²) >= 11 is 0. The van der Waals surface area contributed by atoms with Crippen LogP contribution in [-0.2, 0) is 23.8 Å². The molecule has 0 N–H and O–H groups in total. The molecule has 9 atom stereocenters. The molecule has 2 aliphatic heterocycles. The fraction of sp³-hybridized carbons (Fsp3) is 0.786. The summed E-state index contributed by atoms with van der Waals surface area (Å²) in [6.07, 6.45) is 8.23. The first-order valence-corrected chi connectivity index (χ1v) is 13.0. The number of carbonyl (C=O) groups is 2. The molecule has 0 bridgehead atoms. The Labute approximate surface area is 202 Å². The first-order chi connectivity index (χ1) is 15.9. The monoisotopic (exact) mass is 470 g/mol. The molecule has 1 aromatic rings. The summed E-state index contributed by atoms with van der Waals surface area (Å²) < 4.78 is 24.2. The van der Waals surface area contributed by atoms with E-state index in [0.717, 1.165) is 24.8 Å². The highest BCUT2D eigenvalue weighted by Gasteiger charge is 2.88. The summed E-state index contributed by atoms with van der Waals surface area (Å²) in [6, 6.07) is 1.89. The first-order valence-electron chi connectivity index (χ1n) is 13.0. The Morgan fingerprint density at radius 1 is 1.06 bits per heavy atom. The number of carbonyl (C=O) groups excluding carboxylic acids is 2. The number of esters is 2. The van der Waals surface area contributed by atoms with Crippen molar-refractivity contribution in [3.8, 4) is 0 Å². The Morgan fingerprint density at radius 2 is 1.82 bits per heavy atom. The smallest absolute Gasteiger partial charge is 0.339 e. The van der Waals surface area contributed by atoms with Gasteiger partial charge >= 0.3 is 11.9 Å². The normalized spacial score (nSPS) is 50.6. The van der Waals surface area contributed by atoms with Gasteiger partial charge in [-0.1, -0.05) is 41.0 Å². The third kappa shape index (κ3) is 2.46. The molecule has 0 amide bonds. The highest BCUT2D eigenvalue weighted by atomic mass is 16.7. The third-order valence-corrected chi connectivity index (χ3v) is 11.3. The number of epoxide rings is 1. The van der Waals surface area contributed by atoms with Crippen LogP contribution in [0, 0.1) is 33.5 Å². The SMILES string of the molecule is CC(=O)OC1CC2C(C)(C)CCCC2(C)C2CCC3(C)C(c4ccoc4)OC(=O)C4OC43C12C. The van der Waals surface area contributed by atoms with Crippen molar-refractivity contribution in [2.45, 2.75) is 104 Å². The lowest BCUT2D eigenvalue weighted by atomic mass is 9.35. The quantitative estimate of drug-likeness (QED) is 0.413. The van der Waals surface area contributed by atoms with Crippen LogP contribution >= 0.6 is 0 Å². The Morgan fingerprint density at radius 3 is 2.50 bits per heavy atom. The van der Waals surface area contributed by atoms with Gasteiger partial charge in [-0.05, 0) is 60.8 Å². The lowest BCUT2D eigenvalue weighted by Gasteiger charge is -2.70. The van der Waals surface area contributed by atoms with Crippen LogP contribution in [-0.4, -0.2) is 29.7 Å². The maximum atomic E-state index is 13.3. The van der Waals surface area contributed by atoms with Crippen LogP contribution in [0.15, 0.2) is 23.0 Å². The number of furan rings is 1. The maximum Gasteiger partial charge on any atom is 0.339 e. The number of fused-ring (bicyclic) bond motifs is 3. The predicted octanol–water partition coefficient (Wildman–Crippen LogP) is 5.61. The number of cyclic esters (lactones) is 1. The standard InChI is InChI=1S/C28H38O6/c1-16(29)32-20-14-19-24(2,3)10-7-11-25(19,4)18-8-12-26(5)21(17-9-13-31-15-17)33-23(30)22-28(26,34-22)27(18,20)6/h9,13,15,18-22H,7-8,10-12,14H2,1-6H3. The molecule has 6 heteroatoms. The summed E-state index contributed by atoms with van der Waals surface area (Å²) in [7, 11) is 0. The molecule has 1 spiro atoms. The van der Waals surface area contributed by atoms with Crippen molar-refractivity contribution < 1.29 is 28.2 Å². The summed E-state index contributed by atoms with van der Waals surface area (Å²) in [5.41, 5.74) is -0.501. The topological polar surface area (TPSA) is 78.3 Å². The zero-order valence-electron chi connectivity index (χ0n) is 21.3. The van der Waals surface area contributed by atoms with E-state index < -0.39 is 28.6 Å². The minimum absolute atomic E-state index is 0.103. The molecule has 0 radical (unpaired) electrons. The lowest BCUT2D eigenvalue weighted by Crippen LogP contribution is -2.72. The van der Waals surface area contributed by atoms with Crippen LogP contribution in [0.4, 0.5) is 0 Å². The van der Waals surface area contributed by atoms with Gasteiger partial charge in [-0.3, -0.25) is 4.79 Å². The molecule has 6 rings (SSSR count). The average Bonchev–Trinajstić information content (AvgIpc) is 3.31. The van der Waals surface area contributed by atoms with Crippen molar-refractivity contribution in [2.24, 2.45) is 33.5 Å². The molecule has 186 valence electrons. The first kappa shape index (κ1) is 22.6. The van der Waals surface area contributed by atoms with Gasteiger partial charge in [0, 0.05) is 23.3 Å². The second-order valence-corrected chi connectivity index (χ2v) is 13.1. The van der Waals surface area contributed by atoms with Crippen molar-refractivity contribution in [1.82, 2.24) is 0 Å². The molecule has 0 aromatic carbocycles. The van der Waals surface area contributed by atoms with E-state index in [4.69, 9.17) is 18.6 Å². The molecule has 3 heterocycles. The van der Waals surface area contributed by atoms with Crippen LogP contribution < -0.4 is 0 Å². The molecule has 5 fully saturated rings. The second-order valence-electron chi connectivity index (χ2n) is 13.1. The Hall–Kier alpha value is -1.82. The second kappa shape index (κ2) is 6.68. The fourth-order valence-electron chi connectivity index (χ4n) is 9.99. The van der Waals surface area contributed by atoms with Crippen molar-refractivity contribution >= 4 is 11.9 Å². The minimum atomic E-state index is -0.726. The molecule has 5 aliphatic rings. The van der Waals surface area contributed by atoms with Crippen LogP contribution in [0.1, 0.15) is 91.7 Å². The molecule has 3 saturated carbocycles. The fourth-order valence-corrected chi connectivity index (χ4v) is 9.99. The van der Waals surface area contributed by atoms with E-state index >= 15 is 0 Å². The van der Waals surface area contributed by atoms with Crippen LogP contribution in [0.5, 0.6) is 0 Å². The number of hydrogen-bond donors (Lipinski definition) is 0. The van der Waals surface area contributed by atoms with Crippen molar-refractivity contribution in [2.75, 3.05) is 0 Å².